The lowest BCUT2D eigenvalue weighted by atomic mass is 10.1. The summed E-state index contributed by atoms with van der Waals surface area (Å²) in [6.45, 7) is 5.77. The average molecular weight is 536 g/mol. The third kappa shape index (κ3) is 6.44. The molecule has 0 unspecified atom stereocenters. The van der Waals surface area contributed by atoms with E-state index in [1.54, 1.807) is 7.05 Å². The molecule has 1 amide bonds. The first-order valence-electron chi connectivity index (χ1n) is 13.8. The van der Waals surface area contributed by atoms with Gasteiger partial charge in [-0.25, -0.2) is 4.68 Å². The lowest BCUT2D eigenvalue weighted by Crippen LogP contribution is -2.36. The Balaban J connectivity index is 1.58. The third-order valence-corrected chi connectivity index (χ3v) is 7.21. The van der Waals surface area contributed by atoms with Crippen LogP contribution in [0.2, 0.25) is 0 Å². The Hall–Kier alpha value is -3.79. The molecule has 1 atom stereocenters. The van der Waals surface area contributed by atoms with Crippen LogP contribution in [0, 0.1) is 0 Å². The van der Waals surface area contributed by atoms with Crippen LogP contribution in [-0.2, 0) is 16.6 Å². The first kappa shape index (κ1) is 26.8. The first-order chi connectivity index (χ1) is 19.0. The third-order valence-electron chi connectivity index (χ3n) is 7.21. The summed E-state index contributed by atoms with van der Waals surface area (Å²) in [5.41, 5.74) is 1.65. The molecule has 2 aliphatic heterocycles. The number of carbonyl (C=O) groups is 1. The second kappa shape index (κ2) is 12.4. The van der Waals surface area contributed by atoms with Gasteiger partial charge in [0.15, 0.2) is 12.4 Å². The Labute approximate surface area is 228 Å². The second-order valence-corrected chi connectivity index (χ2v) is 10.1. The van der Waals surface area contributed by atoms with Crippen LogP contribution >= 0.6 is 0 Å². The number of fused-ring (bicyclic) bond motifs is 2. The summed E-state index contributed by atoms with van der Waals surface area (Å²) in [4.78, 5) is 28.1. The summed E-state index contributed by atoms with van der Waals surface area (Å²) >= 11 is 0. The van der Waals surface area contributed by atoms with E-state index in [0.29, 0.717) is 48.7 Å². The van der Waals surface area contributed by atoms with Crippen molar-refractivity contribution in [2.24, 2.45) is 7.05 Å². The summed E-state index contributed by atoms with van der Waals surface area (Å²) in [6, 6.07) is 11.8. The van der Waals surface area contributed by atoms with E-state index in [-0.39, 0.29) is 24.1 Å². The number of aromatic nitrogens is 2. The molecule has 1 saturated heterocycles. The fourth-order valence-corrected chi connectivity index (χ4v) is 5.00. The van der Waals surface area contributed by atoms with Crippen LogP contribution in [0.25, 0.3) is 10.8 Å². The van der Waals surface area contributed by atoms with Gasteiger partial charge in [-0.1, -0.05) is 25.0 Å². The average Bonchev–Trinajstić information content (AvgIpc) is 2.95. The van der Waals surface area contributed by atoms with Gasteiger partial charge < -0.3 is 29.7 Å². The molecule has 3 heterocycles. The van der Waals surface area contributed by atoms with Crippen molar-refractivity contribution in [1.82, 2.24) is 15.1 Å². The molecule has 6 bridgehead atoms. The largest absolute Gasteiger partial charge is 0.494 e. The van der Waals surface area contributed by atoms with Gasteiger partial charge in [-0.2, -0.15) is 5.10 Å². The topological polar surface area (TPSA) is 107 Å². The second-order valence-electron chi connectivity index (χ2n) is 10.1. The lowest BCUT2D eigenvalue weighted by Gasteiger charge is -2.29. The number of hydrogen-bond donors (Lipinski definition) is 2. The van der Waals surface area contributed by atoms with Gasteiger partial charge in [0.1, 0.15) is 11.5 Å². The molecule has 208 valence electrons. The number of amides is 1. The van der Waals surface area contributed by atoms with Gasteiger partial charge in [0.05, 0.1) is 31.2 Å². The van der Waals surface area contributed by atoms with Crippen LogP contribution in [0.15, 0.2) is 41.2 Å². The Morgan fingerprint density at radius 2 is 1.79 bits per heavy atom. The van der Waals surface area contributed by atoms with Gasteiger partial charge in [-0.15, -0.1) is 0 Å². The molecule has 0 aliphatic carbocycles. The normalized spacial score (nSPS) is 19.5. The van der Waals surface area contributed by atoms with Crippen molar-refractivity contribution in [3.8, 4) is 11.5 Å². The minimum Gasteiger partial charge on any atom is -0.494 e. The van der Waals surface area contributed by atoms with Crippen LogP contribution in [0.5, 0.6) is 11.5 Å². The zero-order valence-electron chi connectivity index (χ0n) is 22.7. The van der Waals surface area contributed by atoms with E-state index in [4.69, 9.17) is 14.2 Å². The maximum Gasteiger partial charge on any atom is 0.278 e. The standard InChI is InChI=1S/C29H37N5O5/c1-20-21-8-7-9-23(16-21)38-13-6-4-3-5-10-30-26(35)19-39-25-18-22(34-11-14-37-15-12-34)17-24-27(25)29(36)33(2)32-28(24)31-20/h7-9,16-18,20H,3-6,10-15,19H2,1-2H3,(H,30,35)(H,31,32)/t20-/m1/s1. The van der Waals surface area contributed by atoms with E-state index in [1.165, 1.54) is 4.68 Å². The first-order valence-corrected chi connectivity index (χ1v) is 13.8. The fourth-order valence-electron chi connectivity index (χ4n) is 5.00. The quantitative estimate of drug-likeness (QED) is 0.489. The number of aryl methyl sites for hydroxylation is 1. The molecule has 0 saturated carbocycles. The van der Waals surface area contributed by atoms with E-state index >= 15 is 0 Å². The number of ether oxygens (including phenoxy) is 3. The number of benzene rings is 2. The van der Waals surface area contributed by atoms with E-state index in [1.807, 2.05) is 36.4 Å². The lowest BCUT2D eigenvalue weighted by molar-refractivity contribution is -0.123. The SMILES string of the molecule is C[C@H]1Nc2nn(C)c(=O)c3c(cc(N4CCOCC4)cc23)OCC(=O)NCCCCCCOc2cccc1c2. The maximum absolute atomic E-state index is 13.4. The van der Waals surface area contributed by atoms with Gasteiger partial charge in [-0.05, 0) is 43.5 Å². The van der Waals surface area contributed by atoms with Gasteiger partial charge in [0, 0.05) is 43.8 Å². The van der Waals surface area contributed by atoms with Crippen molar-refractivity contribution in [3.63, 3.8) is 0 Å². The van der Waals surface area contributed by atoms with E-state index in [9.17, 15) is 9.59 Å². The van der Waals surface area contributed by atoms with Crippen LogP contribution in [-0.4, -0.2) is 61.7 Å². The minimum absolute atomic E-state index is 0.116. The Bertz CT molecular complexity index is 1370. The molecule has 5 rings (SSSR count). The molecule has 0 spiro atoms. The fraction of sp³-hybridized carbons (Fsp3) is 0.483. The van der Waals surface area contributed by atoms with Crippen LogP contribution in [0.1, 0.15) is 44.2 Å². The Morgan fingerprint density at radius 1 is 0.974 bits per heavy atom. The molecule has 10 nitrogen and oxygen atoms in total. The van der Waals surface area contributed by atoms with E-state index in [0.717, 1.165) is 55.8 Å². The molecular formula is C29H37N5O5. The molecule has 10 heteroatoms. The summed E-state index contributed by atoms with van der Waals surface area (Å²) < 4.78 is 18.9. The van der Waals surface area contributed by atoms with E-state index in [2.05, 4.69) is 27.6 Å². The van der Waals surface area contributed by atoms with Gasteiger partial charge in [0.2, 0.25) is 0 Å². The molecule has 2 N–H and O–H groups in total. The van der Waals surface area contributed by atoms with Crippen molar-refractivity contribution in [2.45, 2.75) is 38.6 Å². The number of rotatable bonds is 1. The highest BCUT2D eigenvalue weighted by atomic mass is 16.5. The van der Waals surface area contributed by atoms with Crippen LogP contribution in [0.4, 0.5) is 11.5 Å². The predicted octanol–water partition coefficient (Wildman–Crippen LogP) is 3.39. The highest BCUT2D eigenvalue weighted by molar-refractivity contribution is 5.98. The highest BCUT2D eigenvalue weighted by Gasteiger charge is 2.21. The maximum atomic E-state index is 13.4. The summed E-state index contributed by atoms with van der Waals surface area (Å²) in [5, 5.41) is 12.1. The number of nitrogens with zero attached hydrogens (tertiary/aromatic N) is 3. The Morgan fingerprint density at radius 3 is 2.64 bits per heavy atom. The molecule has 3 aromatic rings. The summed E-state index contributed by atoms with van der Waals surface area (Å²) in [5.74, 6) is 1.54. The van der Waals surface area contributed by atoms with Gasteiger partial charge in [-0.3, -0.25) is 9.59 Å². The molecule has 0 radical (unpaired) electrons. The van der Waals surface area contributed by atoms with E-state index < -0.39 is 0 Å². The molecular weight excluding hydrogens is 498 g/mol. The van der Waals surface area contributed by atoms with Crippen LogP contribution in [0.3, 0.4) is 0 Å². The number of hydrogen-bond acceptors (Lipinski definition) is 8. The zero-order chi connectivity index (χ0) is 27.2. The van der Waals surface area contributed by atoms with Crippen molar-refractivity contribution in [2.75, 3.05) is 56.3 Å². The van der Waals surface area contributed by atoms with Crippen molar-refractivity contribution >= 4 is 28.2 Å². The van der Waals surface area contributed by atoms with Crippen LogP contribution < -0.4 is 30.6 Å². The van der Waals surface area contributed by atoms with Crippen molar-refractivity contribution in [1.29, 1.82) is 0 Å². The molecule has 2 aromatic carbocycles. The Kier molecular flexibility index (Phi) is 8.51. The molecule has 1 aromatic heterocycles. The zero-order valence-corrected chi connectivity index (χ0v) is 22.7. The van der Waals surface area contributed by atoms with Crippen molar-refractivity contribution in [3.05, 3.63) is 52.3 Å². The number of nitrogens with one attached hydrogen (secondary N) is 2. The minimum atomic E-state index is -0.287. The molecule has 39 heavy (non-hydrogen) atoms. The predicted molar refractivity (Wildman–Crippen MR) is 151 cm³/mol. The van der Waals surface area contributed by atoms with Gasteiger partial charge in [0.25, 0.3) is 11.5 Å². The van der Waals surface area contributed by atoms with Gasteiger partial charge >= 0.3 is 0 Å². The monoisotopic (exact) mass is 535 g/mol. The summed E-state index contributed by atoms with van der Waals surface area (Å²) in [7, 11) is 1.62. The number of carbonyl (C=O) groups excluding carboxylic acids is 1. The smallest absolute Gasteiger partial charge is 0.278 e. The van der Waals surface area contributed by atoms with Crippen molar-refractivity contribution < 1.29 is 19.0 Å². The molecule has 2 aliphatic rings. The highest BCUT2D eigenvalue weighted by Crippen LogP contribution is 2.35. The summed E-state index contributed by atoms with van der Waals surface area (Å²) in [6.07, 6.45) is 3.87. The number of morpholine rings is 1. The molecule has 1 fully saturated rings. The number of anilines is 2.